The van der Waals surface area contributed by atoms with E-state index in [1.165, 1.54) is 12.3 Å². The first-order valence-corrected chi connectivity index (χ1v) is 6.17. The van der Waals surface area contributed by atoms with E-state index in [9.17, 15) is 5.11 Å². The molecule has 0 saturated heterocycles. The Balaban J connectivity index is 2.35. The maximum Gasteiger partial charge on any atom is 0.124 e. The molecule has 18 heavy (non-hydrogen) atoms. The van der Waals surface area contributed by atoms with Gasteiger partial charge >= 0.3 is 0 Å². The summed E-state index contributed by atoms with van der Waals surface area (Å²) >= 11 is 17.7. The van der Waals surface area contributed by atoms with Crippen LogP contribution in [0.15, 0.2) is 41.4 Å². The summed E-state index contributed by atoms with van der Waals surface area (Å²) in [6, 6.07) is 9.69. The quantitative estimate of drug-likeness (QED) is 0.769. The Morgan fingerprint density at radius 1 is 0.944 bits per heavy atom. The lowest BCUT2D eigenvalue weighted by atomic mass is 10.2. The second-order valence-corrected chi connectivity index (χ2v) is 4.84. The predicted octanol–water partition coefficient (Wildman–Crippen LogP) is 5.10. The summed E-state index contributed by atoms with van der Waals surface area (Å²) in [5.74, 6) is 0.0984. The first kappa shape index (κ1) is 13.2. The zero-order valence-electron chi connectivity index (χ0n) is 9.07. The lowest BCUT2D eigenvalue weighted by Gasteiger charge is -2.01. The van der Waals surface area contributed by atoms with E-state index in [2.05, 4.69) is 4.99 Å². The van der Waals surface area contributed by atoms with Gasteiger partial charge in [0.25, 0.3) is 0 Å². The molecule has 0 aliphatic rings. The highest BCUT2D eigenvalue weighted by molar-refractivity contribution is 6.35. The molecule has 0 bridgehead atoms. The third kappa shape index (κ3) is 3.16. The van der Waals surface area contributed by atoms with Crippen molar-refractivity contribution in [1.82, 2.24) is 0 Å². The Kier molecular flexibility index (Phi) is 4.12. The maximum atomic E-state index is 9.63. The summed E-state index contributed by atoms with van der Waals surface area (Å²) in [4.78, 5) is 4.18. The Labute approximate surface area is 119 Å². The van der Waals surface area contributed by atoms with E-state index in [0.717, 1.165) is 0 Å². The van der Waals surface area contributed by atoms with Crippen molar-refractivity contribution in [3.8, 4) is 5.75 Å². The molecule has 0 atom stereocenters. The van der Waals surface area contributed by atoms with Crippen LogP contribution in [-0.4, -0.2) is 11.3 Å². The van der Waals surface area contributed by atoms with Crippen LogP contribution >= 0.6 is 34.8 Å². The molecule has 0 fully saturated rings. The van der Waals surface area contributed by atoms with Gasteiger partial charge in [0.15, 0.2) is 0 Å². The number of nitrogens with zero attached hydrogens (tertiary/aromatic N) is 1. The van der Waals surface area contributed by atoms with Gasteiger partial charge in [0.1, 0.15) is 5.75 Å². The van der Waals surface area contributed by atoms with Crippen LogP contribution in [0.2, 0.25) is 15.1 Å². The fraction of sp³-hybridized carbons (Fsp3) is 0. The van der Waals surface area contributed by atoms with Gasteiger partial charge in [-0.3, -0.25) is 4.99 Å². The molecule has 0 unspecified atom stereocenters. The van der Waals surface area contributed by atoms with E-state index in [4.69, 9.17) is 34.8 Å². The topological polar surface area (TPSA) is 32.6 Å². The van der Waals surface area contributed by atoms with Gasteiger partial charge in [-0.2, -0.15) is 0 Å². The highest BCUT2D eigenvalue weighted by Gasteiger charge is 2.01. The van der Waals surface area contributed by atoms with Gasteiger partial charge in [0.2, 0.25) is 0 Å². The lowest BCUT2D eigenvalue weighted by Crippen LogP contribution is -1.82. The van der Waals surface area contributed by atoms with Gasteiger partial charge in [-0.15, -0.1) is 0 Å². The molecule has 5 heteroatoms. The number of hydrogen-bond acceptors (Lipinski definition) is 2. The molecule has 2 nitrogen and oxygen atoms in total. The van der Waals surface area contributed by atoms with Crippen LogP contribution in [0.25, 0.3) is 0 Å². The average molecular weight is 301 g/mol. The Bertz CT molecular complexity index is 558. The number of phenols is 1. The maximum absolute atomic E-state index is 9.63. The van der Waals surface area contributed by atoms with Crippen molar-refractivity contribution in [3.05, 3.63) is 57.0 Å². The van der Waals surface area contributed by atoms with E-state index in [0.29, 0.717) is 26.3 Å². The molecule has 0 saturated carbocycles. The second-order valence-electron chi connectivity index (χ2n) is 3.56. The second kappa shape index (κ2) is 5.61. The van der Waals surface area contributed by atoms with Crippen LogP contribution in [0, 0.1) is 0 Å². The van der Waals surface area contributed by atoms with Crippen molar-refractivity contribution in [2.75, 3.05) is 0 Å². The van der Waals surface area contributed by atoms with Gasteiger partial charge in [-0.05, 0) is 36.4 Å². The molecule has 1 N–H and O–H groups in total. The van der Waals surface area contributed by atoms with Crippen LogP contribution in [0.5, 0.6) is 5.75 Å². The average Bonchev–Trinajstić information content (AvgIpc) is 2.34. The minimum absolute atomic E-state index is 0.0984. The summed E-state index contributed by atoms with van der Waals surface area (Å²) in [7, 11) is 0. The zero-order valence-corrected chi connectivity index (χ0v) is 11.3. The molecule has 92 valence electrons. The minimum Gasteiger partial charge on any atom is -0.507 e. The molecule has 0 aliphatic heterocycles. The van der Waals surface area contributed by atoms with Crippen molar-refractivity contribution in [2.24, 2.45) is 4.99 Å². The monoisotopic (exact) mass is 299 g/mol. The summed E-state index contributed by atoms with van der Waals surface area (Å²) in [5.41, 5.74) is 1.04. The largest absolute Gasteiger partial charge is 0.507 e. The number of aromatic hydroxyl groups is 1. The van der Waals surface area contributed by atoms with E-state index in [1.54, 1.807) is 30.3 Å². The van der Waals surface area contributed by atoms with E-state index >= 15 is 0 Å². The highest BCUT2D eigenvalue weighted by atomic mass is 35.5. The number of hydrogen-bond donors (Lipinski definition) is 1. The standard InChI is InChI=1S/C13H8Cl3NO/c14-9-2-4-13(18)8(5-9)7-17-12-6-10(15)1-3-11(12)16/h1-7,18H. The van der Waals surface area contributed by atoms with Crippen molar-refractivity contribution in [3.63, 3.8) is 0 Å². The normalized spacial score (nSPS) is 11.1. The molecular weight excluding hydrogens is 293 g/mol. The van der Waals surface area contributed by atoms with Crippen LogP contribution in [0.4, 0.5) is 5.69 Å². The Hall–Kier alpha value is -1.22. The highest BCUT2D eigenvalue weighted by Crippen LogP contribution is 2.28. The minimum atomic E-state index is 0.0984. The molecular formula is C13H8Cl3NO. The fourth-order valence-corrected chi connectivity index (χ4v) is 1.87. The first-order chi connectivity index (χ1) is 8.56. The lowest BCUT2D eigenvalue weighted by molar-refractivity contribution is 0.474. The third-order valence-electron chi connectivity index (χ3n) is 2.24. The summed E-state index contributed by atoms with van der Waals surface area (Å²) in [6.45, 7) is 0. The number of rotatable bonds is 2. The molecule has 0 amide bonds. The van der Waals surface area contributed by atoms with Gasteiger partial charge in [0.05, 0.1) is 10.7 Å². The van der Waals surface area contributed by atoms with Crippen LogP contribution in [-0.2, 0) is 0 Å². The van der Waals surface area contributed by atoms with Gasteiger partial charge < -0.3 is 5.11 Å². The first-order valence-electron chi connectivity index (χ1n) is 5.04. The fourth-order valence-electron chi connectivity index (χ4n) is 1.35. The zero-order chi connectivity index (χ0) is 13.1. The van der Waals surface area contributed by atoms with Gasteiger partial charge in [-0.25, -0.2) is 0 Å². The van der Waals surface area contributed by atoms with Crippen molar-refractivity contribution >= 4 is 46.7 Å². The molecule has 0 aliphatic carbocycles. The molecule has 0 heterocycles. The Morgan fingerprint density at radius 3 is 2.39 bits per heavy atom. The summed E-state index contributed by atoms with van der Waals surface area (Å²) < 4.78 is 0. The molecule has 2 aromatic carbocycles. The number of phenolic OH excluding ortho intramolecular Hbond substituents is 1. The van der Waals surface area contributed by atoms with E-state index in [1.807, 2.05) is 0 Å². The van der Waals surface area contributed by atoms with E-state index in [-0.39, 0.29) is 5.75 Å². The number of halogens is 3. The van der Waals surface area contributed by atoms with Gasteiger partial charge in [-0.1, -0.05) is 34.8 Å². The van der Waals surface area contributed by atoms with Crippen molar-refractivity contribution in [2.45, 2.75) is 0 Å². The van der Waals surface area contributed by atoms with E-state index < -0.39 is 0 Å². The molecule has 2 rings (SSSR count). The molecule has 0 radical (unpaired) electrons. The van der Waals surface area contributed by atoms with Crippen LogP contribution in [0.1, 0.15) is 5.56 Å². The predicted molar refractivity (Wildman–Crippen MR) is 76.8 cm³/mol. The van der Waals surface area contributed by atoms with Gasteiger partial charge in [0, 0.05) is 21.8 Å². The molecule has 0 spiro atoms. The summed E-state index contributed by atoms with van der Waals surface area (Å²) in [6.07, 6.45) is 1.48. The van der Waals surface area contributed by atoms with Crippen molar-refractivity contribution < 1.29 is 5.11 Å². The SMILES string of the molecule is Oc1ccc(Cl)cc1C=Nc1cc(Cl)ccc1Cl. The smallest absolute Gasteiger partial charge is 0.124 e. The summed E-state index contributed by atoms with van der Waals surface area (Å²) in [5, 5.41) is 11.2. The Morgan fingerprint density at radius 2 is 1.61 bits per heavy atom. The van der Waals surface area contributed by atoms with Crippen molar-refractivity contribution in [1.29, 1.82) is 0 Å². The molecule has 2 aromatic rings. The van der Waals surface area contributed by atoms with Crippen LogP contribution in [0.3, 0.4) is 0 Å². The third-order valence-corrected chi connectivity index (χ3v) is 3.03. The number of aliphatic imine (C=N–C) groups is 1. The molecule has 0 aromatic heterocycles. The van der Waals surface area contributed by atoms with Crippen LogP contribution < -0.4 is 0 Å². The number of benzene rings is 2.